The zero-order chi connectivity index (χ0) is 21.4. The zero-order valence-corrected chi connectivity index (χ0v) is 16.8. The average Bonchev–Trinajstić information content (AvgIpc) is 3.20. The molecule has 3 N–H and O–H groups in total. The molecule has 1 saturated heterocycles. The molecule has 2 aromatic rings. The van der Waals surface area contributed by atoms with Crippen molar-refractivity contribution in [2.24, 2.45) is 4.99 Å². The summed E-state index contributed by atoms with van der Waals surface area (Å²) in [5, 5.41) is 9.42. The van der Waals surface area contributed by atoms with Gasteiger partial charge in [0.2, 0.25) is 5.95 Å². The fourth-order valence-corrected chi connectivity index (χ4v) is 3.20. The number of aromatic nitrogens is 2. The van der Waals surface area contributed by atoms with E-state index in [1.807, 2.05) is 25.1 Å². The maximum atomic E-state index is 12.7. The van der Waals surface area contributed by atoms with Crippen LogP contribution in [0.5, 0.6) is 0 Å². The average molecular weight is 421 g/mol. The monoisotopic (exact) mass is 421 g/mol. The maximum absolute atomic E-state index is 12.7. The molecule has 0 saturated carbocycles. The summed E-state index contributed by atoms with van der Waals surface area (Å²) in [6, 6.07) is 11.4. The number of benzene rings is 1. The Morgan fingerprint density at radius 2 is 2.03 bits per heavy atom. The number of nitrogens with one attached hydrogen (secondary N) is 3. The topological polar surface area (TPSA) is 77.5 Å². The lowest BCUT2D eigenvalue weighted by atomic mass is 10.3. The van der Waals surface area contributed by atoms with Gasteiger partial charge in [-0.15, -0.1) is 0 Å². The molecule has 1 aliphatic heterocycles. The molecule has 0 bridgehead atoms. The van der Waals surface area contributed by atoms with Crippen LogP contribution in [0.4, 0.5) is 24.8 Å². The van der Waals surface area contributed by atoms with Crippen molar-refractivity contribution >= 4 is 17.6 Å². The molecule has 0 amide bonds. The van der Waals surface area contributed by atoms with Gasteiger partial charge in [0.25, 0.3) is 0 Å². The Labute approximate surface area is 173 Å². The predicted octanol–water partition coefficient (Wildman–Crippen LogP) is 2.74. The van der Waals surface area contributed by atoms with E-state index in [0.717, 1.165) is 31.8 Å². The van der Waals surface area contributed by atoms with Crippen LogP contribution in [-0.4, -0.2) is 54.7 Å². The molecule has 3 rings (SSSR count). The van der Waals surface area contributed by atoms with Gasteiger partial charge in [-0.1, -0.05) is 18.2 Å². The lowest BCUT2D eigenvalue weighted by Gasteiger charge is -2.20. The van der Waals surface area contributed by atoms with Gasteiger partial charge in [0.05, 0.1) is 6.54 Å². The number of hydrogen-bond donors (Lipinski definition) is 3. The highest BCUT2D eigenvalue weighted by molar-refractivity contribution is 5.80. The summed E-state index contributed by atoms with van der Waals surface area (Å²) in [4.78, 5) is 14.1. The molecule has 1 aliphatic rings. The van der Waals surface area contributed by atoms with Crippen LogP contribution in [0.2, 0.25) is 0 Å². The maximum Gasteiger partial charge on any atom is 0.433 e. The minimum absolute atomic E-state index is 0.0627. The number of rotatable bonds is 7. The number of alkyl halides is 3. The van der Waals surface area contributed by atoms with Crippen LogP contribution >= 0.6 is 0 Å². The number of para-hydroxylation sites is 1. The van der Waals surface area contributed by atoms with Crippen LogP contribution < -0.4 is 20.9 Å². The molecule has 2 heterocycles. The third kappa shape index (κ3) is 6.23. The Morgan fingerprint density at radius 1 is 1.23 bits per heavy atom. The van der Waals surface area contributed by atoms with E-state index >= 15 is 0 Å². The normalized spacial score (nSPS) is 17.1. The van der Waals surface area contributed by atoms with Gasteiger partial charge in [-0.05, 0) is 31.5 Å². The SMILES string of the molecule is CCNC(=NCCNc1nccc(C(F)(F)F)n1)NC1CCN(c2ccccc2)C1. The van der Waals surface area contributed by atoms with Crippen LogP contribution in [0.25, 0.3) is 0 Å². The molecular weight excluding hydrogens is 395 g/mol. The van der Waals surface area contributed by atoms with E-state index in [1.165, 1.54) is 5.69 Å². The van der Waals surface area contributed by atoms with Crippen molar-refractivity contribution in [1.29, 1.82) is 0 Å². The summed E-state index contributed by atoms with van der Waals surface area (Å²) in [5.74, 6) is 0.622. The van der Waals surface area contributed by atoms with Gasteiger partial charge in [0.1, 0.15) is 5.69 Å². The number of halogens is 3. The van der Waals surface area contributed by atoms with Crippen LogP contribution in [-0.2, 0) is 6.18 Å². The van der Waals surface area contributed by atoms with Gasteiger partial charge in [0, 0.05) is 44.1 Å². The van der Waals surface area contributed by atoms with Crippen LogP contribution in [0.3, 0.4) is 0 Å². The predicted molar refractivity (Wildman–Crippen MR) is 112 cm³/mol. The van der Waals surface area contributed by atoms with Crippen molar-refractivity contribution in [3.63, 3.8) is 0 Å². The van der Waals surface area contributed by atoms with Crippen LogP contribution in [0.1, 0.15) is 19.0 Å². The van der Waals surface area contributed by atoms with E-state index in [2.05, 4.69) is 47.9 Å². The first-order valence-electron chi connectivity index (χ1n) is 9.94. The van der Waals surface area contributed by atoms with Crippen LogP contribution in [0, 0.1) is 0 Å². The van der Waals surface area contributed by atoms with E-state index in [-0.39, 0.29) is 12.0 Å². The summed E-state index contributed by atoms with van der Waals surface area (Å²) < 4.78 is 38.1. The second-order valence-electron chi connectivity index (χ2n) is 6.86. The first-order chi connectivity index (χ1) is 14.5. The molecule has 0 spiro atoms. The second kappa shape index (κ2) is 10.1. The number of anilines is 2. The molecule has 30 heavy (non-hydrogen) atoms. The molecule has 1 unspecified atom stereocenters. The minimum Gasteiger partial charge on any atom is -0.369 e. The quantitative estimate of drug-likeness (QED) is 0.363. The molecular formula is C20H26F3N7. The highest BCUT2D eigenvalue weighted by Gasteiger charge is 2.32. The van der Waals surface area contributed by atoms with Crippen molar-refractivity contribution in [1.82, 2.24) is 20.6 Å². The third-order valence-electron chi connectivity index (χ3n) is 4.61. The minimum atomic E-state index is -4.49. The molecule has 7 nitrogen and oxygen atoms in total. The van der Waals surface area contributed by atoms with Gasteiger partial charge >= 0.3 is 6.18 Å². The van der Waals surface area contributed by atoms with Gasteiger partial charge in [-0.25, -0.2) is 9.97 Å². The van der Waals surface area contributed by atoms with Crippen molar-refractivity contribution in [3.05, 3.63) is 48.3 Å². The van der Waals surface area contributed by atoms with Gasteiger partial charge < -0.3 is 20.9 Å². The van der Waals surface area contributed by atoms with Gasteiger partial charge in [0.15, 0.2) is 5.96 Å². The number of aliphatic imine (C=N–C) groups is 1. The Hall–Kier alpha value is -3.04. The smallest absolute Gasteiger partial charge is 0.369 e. The lowest BCUT2D eigenvalue weighted by molar-refractivity contribution is -0.141. The van der Waals surface area contributed by atoms with E-state index in [0.29, 0.717) is 25.6 Å². The fraction of sp³-hybridized carbons (Fsp3) is 0.450. The molecule has 10 heteroatoms. The molecule has 1 aromatic heterocycles. The Balaban J connectivity index is 1.49. The number of guanidine groups is 1. The van der Waals surface area contributed by atoms with Gasteiger partial charge in [-0.2, -0.15) is 13.2 Å². The Bertz CT molecular complexity index is 827. The summed E-state index contributed by atoms with van der Waals surface area (Å²) >= 11 is 0. The standard InChI is InChI=1S/C20H26F3N7/c1-2-24-18(28-15-9-13-30(14-15)16-6-4-3-5-7-16)26-11-12-27-19-25-10-8-17(29-19)20(21,22)23/h3-8,10,15H,2,9,11-14H2,1H3,(H2,24,26,28)(H,25,27,29). The summed E-state index contributed by atoms with van der Waals surface area (Å²) in [6.45, 7) is 5.23. The summed E-state index contributed by atoms with van der Waals surface area (Å²) in [7, 11) is 0. The van der Waals surface area contributed by atoms with E-state index in [4.69, 9.17) is 0 Å². The molecule has 162 valence electrons. The highest BCUT2D eigenvalue weighted by Crippen LogP contribution is 2.27. The van der Waals surface area contributed by atoms with Crippen molar-refractivity contribution in [2.45, 2.75) is 25.6 Å². The molecule has 1 aromatic carbocycles. The second-order valence-corrected chi connectivity index (χ2v) is 6.86. The summed E-state index contributed by atoms with van der Waals surface area (Å²) in [6.07, 6.45) is -2.41. The van der Waals surface area contributed by atoms with Crippen molar-refractivity contribution in [3.8, 4) is 0 Å². The largest absolute Gasteiger partial charge is 0.433 e. The summed E-state index contributed by atoms with van der Waals surface area (Å²) in [5.41, 5.74) is 0.233. The molecule has 1 fully saturated rings. The van der Waals surface area contributed by atoms with E-state index in [1.54, 1.807) is 0 Å². The molecule has 0 aliphatic carbocycles. The van der Waals surface area contributed by atoms with E-state index < -0.39 is 11.9 Å². The fourth-order valence-electron chi connectivity index (χ4n) is 3.20. The number of nitrogens with zero attached hydrogens (tertiary/aromatic N) is 4. The first kappa shape index (κ1) is 21.7. The van der Waals surface area contributed by atoms with Crippen molar-refractivity contribution in [2.75, 3.05) is 42.9 Å². The lowest BCUT2D eigenvalue weighted by Crippen LogP contribution is -2.44. The van der Waals surface area contributed by atoms with Crippen molar-refractivity contribution < 1.29 is 13.2 Å². The van der Waals surface area contributed by atoms with E-state index in [9.17, 15) is 13.2 Å². The number of hydrogen-bond acceptors (Lipinski definition) is 5. The zero-order valence-electron chi connectivity index (χ0n) is 16.8. The first-order valence-corrected chi connectivity index (χ1v) is 9.94. The highest BCUT2D eigenvalue weighted by atomic mass is 19.4. The molecule has 1 atom stereocenters. The van der Waals surface area contributed by atoms with Gasteiger partial charge in [-0.3, -0.25) is 4.99 Å². The Morgan fingerprint density at radius 3 is 2.77 bits per heavy atom. The third-order valence-corrected chi connectivity index (χ3v) is 4.61. The van der Waals surface area contributed by atoms with Crippen LogP contribution in [0.15, 0.2) is 47.6 Å². The molecule has 0 radical (unpaired) electrons. The Kier molecular flexibility index (Phi) is 7.31.